The van der Waals surface area contributed by atoms with Crippen LogP contribution < -0.4 is 15.5 Å². The van der Waals surface area contributed by atoms with E-state index in [1.807, 2.05) is 5.32 Å². The predicted octanol–water partition coefficient (Wildman–Crippen LogP) is 2.15. The largest absolute Gasteiger partial charge is 0.332 e. The SMILES string of the molecule is O=C(NCC(F)F)N[C@@H]1CCN(c2ccc(Cl)c(F)c2)C1=O. The predicted molar refractivity (Wildman–Crippen MR) is 74.7 cm³/mol. The number of halogens is 4. The van der Waals surface area contributed by atoms with Gasteiger partial charge < -0.3 is 15.5 Å². The fraction of sp³-hybridized carbons (Fsp3) is 0.385. The van der Waals surface area contributed by atoms with Crippen molar-refractivity contribution >= 4 is 29.2 Å². The van der Waals surface area contributed by atoms with E-state index in [0.717, 1.165) is 6.07 Å². The highest BCUT2D eigenvalue weighted by atomic mass is 35.5. The van der Waals surface area contributed by atoms with E-state index in [1.54, 1.807) is 0 Å². The Kier molecular flexibility index (Phi) is 5.12. The maximum atomic E-state index is 13.4. The average molecular weight is 336 g/mol. The number of hydrogen-bond donors (Lipinski definition) is 2. The Morgan fingerprint density at radius 2 is 2.18 bits per heavy atom. The summed E-state index contributed by atoms with van der Waals surface area (Å²) in [7, 11) is 0. The van der Waals surface area contributed by atoms with E-state index in [4.69, 9.17) is 11.6 Å². The van der Waals surface area contributed by atoms with Gasteiger partial charge in [-0.1, -0.05) is 11.6 Å². The molecule has 1 aromatic carbocycles. The molecule has 2 rings (SSSR count). The lowest BCUT2D eigenvalue weighted by molar-refractivity contribution is -0.118. The molecule has 1 saturated heterocycles. The number of nitrogens with one attached hydrogen (secondary N) is 2. The third kappa shape index (κ3) is 3.82. The minimum atomic E-state index is -2.67. The molecule has 0 unspecified atom stereocenters. The van der Waals surface area contributed by atoms with Gasteiger partial charge in [0.1, 0.15) is 11.9 Å². The Bertz CT molecular complexity index is 586. The number of carbonyl (C=O) groups is 2. The van der Waals surface area contributed by atoms with Crippen molar-refractivity contribution in [2.75, 3.05) is 18.0 Å². The molecule has 0 radical (unpaired) electrons. The zero-order chi connectivity index (χ0) is 16.3. The number of carbonyl (C=O) groups excluding carboxylic acids is 2. The van der Waals surface area contributed by atoms with E-state index >= 15 is 0 Å². The van der Waals surface area contributed by atoms with Gasteiger partial charge in [0.15, 0.2) is 0 Å². The molecule has 0 aromatic heterocycles. The third-order valence-corrected chi connectivity index (χ3v) is 3.45. The van der Waals surface area contributed by atoms with Gasteiger partial charge in [0.25, 0.3) is 6.43 Å². The lowest BCUT2D eigenvalue weighted by Crippen LogP contribution is -2.47. The van der Waals surface area contributed by atoms with Gasteiger partial charge in [-0.05, 0) is 24.6 Å². The fourth-order valence-electron chi connectivity index (χ4n) is 2.10. The molecule has 0 bridgehead atoms. The van der Waals surface area contributed by atoms with Crippen LogP contribution in [0.25, 0.3) is 0 Å². The average Bonchev–Trinajstić information content (AvgIpc) is 2.81. The number of urea groups is 1. The van der Waals surface area contributed by atoms with E-state index < -0.39 is 36.8 Å². The summed E-state index contributed by atoms with van der Waals surface area (Å²) >= 11 is 5.58. The lowest BCUT2D eigenvalue weighted by Gasteiger charge is -2.17. The first-order valence-corrected chi connectivity index (χ1v) is 6.85. The molecule has 0 saturated carbocycles. The summed E-state index contributed by atoms with van der Waals surface area (Å²) in [5.74, 6) is -1.09. The van der Waals surface area contributed by atoms with Crippen LogP contribution in [0.3, 0.4) is 0 Å². The number of hydrogen-bond acceptors (Lipinski definition) is 2. The summed E-state index contributed by atoms with van der Waals surface area (Å²) in [4.78, 5) is 24.8. The molecule has 120 valence electrons. The third-order valence-electron chi connectivity index (χ3n) is 3.14. The van der Waals surface area contributed by atoms with Crippen LogP contribution in [0.15, 0.2) is 18.2 Å². The molecule has 2 N–H and O–H groups in total. The molecular formula is C13H13ClF3N3O2. The maximum absolute atomic E-state index is 13.4. The van der Waals surface area contributed by atoms with Crippen LogP contribution in [0.4, 0.5) is 23.7 Å². The fourth-order valence-corrected chi connectivity index (χ4v) is 2.22. The topological polar surface area (TPSA) is 61.4 Å². The quantitative estimate of drug-likeness (QED) is 0.885. The Balaban J connectivity index is 1.97. The number of benzene rings is 1. The lowest BCUT2D eigenvalue weighted by atomic mass is 10.2. The molecule has 3 amide bonds. The molecule has 9 heteroatoms. The highest BCUT2D eigenvalue weighted by molar-refractivity contribution is 6.30. The van der Waals surface area contributed by atoms with Crippen molar-refractivity contribution in [1.29, 1.82) is 0 Å². The zero-order valence-corrected chi connectivity index (χ0v) is 12.0. The Labute approximate surface area is 129 Å². The van der Waals surface area contributed by atoms with Crippen LogP contribution in [-0.2, 0) is 4.79 Å². The number of anilines is 1. The van der Waals surface area contributed by atoms with Crippen molar-refractivity contribution in [1.82, 2.24) is 10.6 Å². The molecule has 0 aliphatic carbocycles. The summed E-state index contributed by atoms with van der Waals surface area (Å²) in [5, 5.41) is 4.21. The van der Waals surface area contributed by atoms with Gasteiger partial charge >= 0.3 is 6.03 Å². The van der Waals surface area contributed by atoms with Crippen molar-refractivity contribution in [3.63, 3.8) is 0 Å². The number of rotatable bonds is 4. The monoisotopic (exact) mass is 335 g/mol. The van der Waals surface area contributed by atoms with Gasteiger partial charge in [0.2, 0.25) is 5.91 Å². The molecule has 22 heavy (non-hydrogen) atoms. The van der Waals surface area contributed by atoms with Crippen LogP contribution in [-0.4, -0.2) is 37.5 Å². The van der Waals surface area contributed by atoms with Crippen LogP contribution in [0.2, 0.25) is 5.02 Å². The van der Waals surface area contributed by atoms with Crippen molar-refractivity contribution in [3.05, 3.63) is 29.0 Å². The molecule has 1 aliphatic rings. The molecule has 1 aliphatic heterocycles. The maximum Gasteiger partial charge on any atom is 0.315 e. The standard InChI is InChI=1S/C13H13ClF3N3O2/c14-8-2-1-7(5-9(8)15)20-4-3-10(12(20)21)19-13(22)18-6-11(16)17/h1-2,5,10-11H,3-4,6H2,(H2,18,19,22)/t10-/m1/s1. The summed E-state index contributed by atoms with van der Waals surface area (Å²) in [6.45, 7) is -0.515. The molecule has 0 spiro atoms. The molecule has 1 atom stereocenters. The Hall–Kier alpha value is -1.96. The first kappa shape index (κ1) is 16.4. The summed E-state index contributed by atoms with van der Waals surface area (Å²) in [6.07, 6.45) is -2.37. The summed E-state index contributed by atoms with van der Waals surface area (Å²) < 4.78 is 37.4. The Morgan fingerprint density at radius 3 is 2.82 bits per heavy atom. The van der Waals surface area contributed by atoms with Crippen LogP contribution in [0.1, 0.15) is 6.42 Å². The van der Waals surface area contributed by atoms with Gasteiger partial charge in [-0.15, -0.1) is 0 Å². The van der Waals surface area contributed by atoms with Crippen LogP contribution in [0.5, 0.6) is 0 Å². The summed E-state index contributed by atoms with van der Waals surface area (Å²) in [5.41, 5.74) is 0.323. The molecule has 1 fully saturated rings. The summed E-state index contributed by atoms with van der Waals surface area (Å²) in [6, 6.07) is 2.26. The molecular weight excluding hydrogens is 323 g/mol. The van der Waals surface area contributed by atoms with Crippen molar-refractivity contribution in [2.45, 2.75) is 18.9 Å². The van der Waals surface area contributed by atoms with Crippen molar-refractivity contribution < 1.29 is 22.8 Å². The minimum absolute atomic E-state index is 0.0588. The molecule has 5 nitrogen and oxygen atoms in total. The van der Waals surface area contributed by atoms with E-state index in [0.29, 0.717) is 12.1 Å². The minimum Gasteiger partial charge on any atom is -0.332 e. The number of alkyl halides is 2. The van der Waals surface area contributed by atoms with E-state index in [-0.39, 0.29) is 11.6 Å². The zero-order valence-electron chi connectivity index (χ0n) is 11.3. The Morgan fingerprint density at radius 1 is 1.45 bits per heavy atom. The van der Waals surface area contributed by atoms with Gasteiger partial charge in [0.05, 0.1) is 11.6 Å². The van der Waals surface area contributed by atoms with E-state index in [2.05, 4.69) is 5.32 Å². The van der Waals surface area contributed by atoms with Crippen LogP contribution >= 0.6 is 11.6 Å². The van der Waals surface area contributed by atoms with Crippen molar-refractivity contribution in [3.8, 4) is 0 Å². The number of amides is 3. The first-order chi connectivity index (χ1) is 10.4. The van der Waals surface area contributed by atoms with Gasteiger partial charge in [-0.3, -0.25) is 4.79 Å². The normalized spacial score (nSPS) is 18.0. The molecule has 1 heterocycles. The van der Waals surface area contributed by atoms with Crippen molar-refractivity contribution in [2.24, 2.45) is 0 Å². The van der Waals surface area contributed by atoms with Gasteiger partial charge in [-0.2, -0.15) is 0 Å². The van der Waals surface area contributed by atoms with Gasteiger partial charge in [-0.25, -0.2) is 18.0 Å². The smallest absolute Gasteiger partial charge is 0.315 e. The second-order valence-corrected chi connectivity index (χ2v) is 5.08. The second-order valence-electron chi connectivity index (χ2n) is 4.67. The van der Waals surface area contributed by atoms with E-state index in [1.165, 1.54) is 17.0 Å². The molecule has 1 aromatic rings. The highest BCUT2D eigenvalue weighted by Crippen LogP contribution is 2.25. The highest BCUT2D eigenvalue weighted by Gasteiger charge is 2.33. The van der Waals surface area contributed by atoms with Crippen LogP contribution in [0, 0.1) is 5.82 Å². The second kappa shape index (κ2) is 6.87. The van der Waals surface area contributed by atoms with E-state index in [9.17, 15) is 22.8 Å². The van der Waals surface area contributed by atoms with Gasteiger partial charge in [0, 0.05) is 12.2 Å². The first-order valence-electron chi connectivity index (χ1n) is 6.47. The number of nitrogens with zero attached hydrogens (tertiary/aromatic N) is 1.